The zero-order valence-electron chi connectivity index (χ0n) is 13.9. The van der Waals surface area contributed by atoms with Gasteiger partial charge in [-0.25, -0.2) is 13.8 Å². The quantitative estimate of drug-likeness (QED) is 0.850. The van der Waals surface area contributed by atoms with Crippen LogP contribution in [0.5, 0.6) is 11.6 Å². The van der Waals surface area contributed by atoms with E-state index in [4.69, 9.17) is 14.2 Å². The topological polar surface area (TPSA) is 69.7 Å². The molecule has 0 radical (unpaired) electrons. The largest absolute Gasteiger partial charge is 0.481 e. The molecule has 1 aromatic carbocycles. The predicted molar refractivity (Wildman–Crippen MR) is 87.9 cm³/mol. The number of carbonyl (C=O) groups is 1. The fourth-order valence-corrected chi connectivity index (χ4v) is 2.55. The summed E-state index contributed by atoms with van der Waals surface area (Å²) in [6.45, 7) is 0.394. The van der Waals surface area contributed by atoms with Gasteiger partial charge in [-0.1, -0.05) is 6.07 Å². The van der Waals surface area contributed by atoms with Gasteiger partial charge >= 0.3 is 0 Å². The van der Waals surface area contributed by atoms with E-state index in [0.29, 0.717) is 25.0 Å². The molecule has 2 heterocycles. The van der Waals surface area contributed by atoms with Crippen molar-refractivity contribution in [3.05, 3.63) is 54.2 Å². The van der Waals surface area contributed by atoms with Gasteiger partial charge in [-0.15, -0.1) is 0 Å². The second-order valence-electron chi connectivity index (χ2n) is 5.73. The highest BCUT2D eigenvalue weighted by Gasteiger charge is 2.29. The summed E-state index contributed by atoms with van der Waals surface area (Å²) in [7, 11) is 0. The van der Waals surface area contributed by atoms with Crippen LogP contribution < -0.4 is 14.8 Å². The lowest BCUT2D eigenvalue weighted by Crippen LogP contribution is -2.52. The number of nitrogens with zero attached hydrogens (tertiary/aromatic N) is 1. The Morgan fingerprint density at radius 3 is 2.96 bits per heavy atom. The van der Waals surface area contributed by atoms with Crippen LogP contribution in [0.4, 0.5) is 8.78 Å². The van der Waals surface area contributed by atoms with Crippen molar-refractivity contribution in [3.8, 4) is 11.6 Å². The van der Waals surface area contributed by atoms with Gasteiger partial charge in [0.05, 0.1) is 19.3 Å². The molecule has 8 heteroatoms. The first-order valence-corrected chi connectivity index (χ1v) is 8.14. The van der Waals surface area contributed by atoms with Crippen molar-refractivity contribution in [1.82, 2.24) is 10.3 Å². The predicted octanol–water partition coefficient (Wildman–Crippen LogP) is 2.09. The molecule has 1 N–H and O–H groups in total. The number of ether oxygens (including phenoxy) is 3. The van der Waals surface area contributed by atoms with Crippen molar-refractivity contribution in [2.45, 2.75) is 18.6 Å². The van der Waals surface area contributed by atoms with Crippen molar-refractivity contribution >= 4 is 5.91 Å². The molecule has 3 rings (SSSR count). The molecule has 2 atom stereocenters. The van der Waals surface area contributed by atoms with Gasteiger partial charge in [-0.2, -0.15) is 0 Å². The summed E-state index contributed by atoms with van der Waals surface area (Å²) in [5.41, 5.74) is 0. The smallest absolute Gasteiger partial charge is 0.258 e. The van der Waals surface area contributed by atoms with Gasteiger partial charge in [-0.3, -0.25) is 4.79 Å². The van der Waals surface area contributed by atoms with Crippen LogP contribution in [0.1, 0.15) is 6.42 Å². The normalized spacial score (nSPS) is 19.6. The summed E-state index contributed by atoms with van der Waals surface area (Å²) in [5, 5.41) is 2.75. The number of amides is 1. The molecule has 26 heavy (non-hydrogen) atoms. The maximum absolute atomic E-state index is 13.5. The molecule has 1 saturated heterocycles. The van der Waals surface area contributed by atoms with E-state index >= 15 is 0 Å². The number of nitrogens with one attached hydrogen (secondary N) is 1. The monoisotopic (exact) mass is 364 g/mol. The van der Waals surface area contributed by atoms with Crippen molar-refractivity contribution in [1.29, 1.82) is 0 Å². The average molecular weight is 364 g/mol. The van der Waals surface area contributed by atoms with Crippen LogP contribution in [0, 0.1) is 11.6 Å². The van der Waals surface area contributed by atoms with Crippen LogP contribution in [-0.2, 0) is 9.53 Å². The number of pyridine rings is 1. The van der Waals surface area contributed by atoms with Crippen molar-refractivity contribution < 1.29 is 27.8 Å². The Labute approximate surface area is 149 Å². The first-order chi connectivity index (χ1) is 12.6. The minimum atomic E-state index is -0.866. The van der Waals surface area contributed by atoms with E-state index in [2.05, 4.69) is 10.3 Å². The van der Waals surface area contributed by atoms with E-state index in [0.717, 1.165) is 12.1 Å². The lowest BCUT2D eigenvalue weighted by Gasteiger charge is -2.32. The maximum Gasteiger partial charge on any atom is 0.258 e. The highest BCUT2D eigenvalue weighted by atomic mass is 19.1. The third-order valence-electron chi connectivity index (χ3n) is 3.80. The molecule has 1 aliphatic rings. The molecule has 6 nitrogen and oxygen atoms in total. The third-order valence-corrected chi connectivity index (χ3v) is 3.80. The van der Waals surface area contributed by atoms with Crippen LogP contribution in [-0.4, -0.2) is 42.9 Å². The van der Waals surface area contributed by atoms with Crippen LogP contribution >= 0.6 is 0 Å². The molecular weight excluding hydrogens is 346 g/mol. The SMILES string of the molecule is O=C(COc1ccc(F)cc1F)N[C@@H]1COCC[C@H]1Oc1ccccn1. The number of benzene rings is 1. The summed E-state index contributed by atoms with van der Waals surface area (Å²) in [4.78, 5) is 16.2. The molecule has 0 saturated carbocycles. The summed E-state index contributed by atoms with van der Waals surface area (Å²) in [5.74, 6) is -1.77. The van der Waals surface area contributed by atoms with Gasteiger partial charge in [-0.05, 0) is 18.2 Å². The number of halogens is 2. The molecule has 2 aromatic rings. The van der Waals surface area contributed by atoms with Gasteiger partial charge in [0.2, 0.25) is 5.88 Å². The van der Waals surface area contributed by atoms with E-state index in [1.54, 1.807) is 24.4 Å². The Bertz CT molecular complexity index is 745. The number of aromatic nitrogens is 1. The van der Waals surface area contributed by atoms with Crippen molar-refractivity contribution in [2.24, 2.45) is 0 Å². The minimum absolute atomic E-state index is 0.192. The lowest BCUT2D eigenvalue weighted by molar-refractivity contribution is -0.126. The van der Waals surface area contributed by atoms with Crippen LogP contribution in [0.15, 0.2) is 42.6 Å². The third kappa shape index (κ3) is 4.89. The van der Waals surface area contributed by atoms with Gasteiger partial charge < -0.3 is 19.5 Å². The van der Waals surface area contributed by atoms with E-state index in [-0.39, 0.29) is 24.5 Å². The molecule has 1 fully saturated rings. The summed E-state index contributed by atoms with van der Waals surface area (Å²) in [6.07, 6.45) is 1.91. The van der Waals surface area contributed by atoms with Crippen molar-refractivity contribution in [3.63, 3.8) is 0 Å². The molecule has 138 valence electrons. The summed E-state index contributed by atoms with van der Waals surface area (Å²) < 4.78 is 42.7. The van der Waals surface area contributed by atoms with Crippen LogP contribution in [0.25, 0.3) is 0 Å². The molecular formula is C18H18F2N2O4. The number of hydrogen-bond acceptors (Lipinski definition) is 5. The second kappa shape index (κ2) is 8.57. The van der Waals surface area contributed by atoms with E-state index < -0.39 is 24.1 Å². The molecule has 0 spiro atoms. The van der Waals surface area contributed by atoms with Gasteiger partial charge in [0.25, 0.3) is 5.91 Å². The molecule has 0 unspecified atom stereocenters. The number of hydrogen-bond donors (Lipinski definition) is 1. The molecule has 1 aromatic heterocycles. The Balaban J connectivity index is 1.54. The lowest BCUT2D eigenvalue weighted by atomic mass is 10.1. The van der Waals surface area contributed by atoms with Crippen molar-refractivity contribution in [2.75, 3.05) is 19.8 Å². The second-order valence-corrected chi connectivity index (χ2v) is 5.73. The molecule has 1 aliphatic heterocycles. The fourth-order valence-electron chi connectivity index (χ4n) is 2.55. The zero-order valence-corrected chi connectivity index (χ0v) is 13.9. The number of rotatable bonds is 6. The Hall–Kier alpha value is -2.74. The number of carbonyl (C=O) groups excluding carboxylic acids is 1. The summed E-state index contributed by atoms with van der Waals surface area (Å²) in [6, 6.07) is 7.81. The average Bonchev–Trinajstić information content (AvgIpc) is 2.63. The Morgan fingerprint density at radius 2 is 2.19 bits per heavy atom. The van der Waals surface area contributed by atoms with Crippen LogP contribution in [0.3, 0.4) is 0 Å². The first-order valence-electron chi connectivity index (χ1n) is 8.14. The van der Waals surface area contributed by atoms with Gasteiger partial charge in [0.1, 0.15) is 11.9 Å². The van der Waals surface area contributed by atoms with E-state index in [9.17, 15) is 13.6 Å². The molecule has 1 amide bonds. The van der Waals surface area contributed by atoms with Gasteiger partial charge in [0.15, 0.2) is 18.2 Å². The van der Waals surface area contributed by atoms with Gasteiger partial charge in [0, 0.05) is 24.8 Å². The highest BCUT2D eigenvalue weighted by molar-refractivity contribution is 5.78. The molecule has 0 aliphatic carbocycles. The van der Waals surface area contributed by atoms with E-state index in [1.165, 1.54) is 0 Å². The standard InChI is InChI=1S/C18H18F2N2O4/c19-12-4-5-15(13(20)9-12)25-11-17(23)22-14-10-24-8-6-16(14)26-18-3-1-2-7-21-18/h1-5,7,9,14,16H,6,8,10-11H2,(H,22,23)/t14-,16-/m1/s1. The Kier molecular flexibility index (Phi) is 5.96. The Morgan fingerprint density at radius 1 is 1.31 bits per heavy atom. The zero-order chi connectivity index (χ0) is 18.4. The maximum atomic E-state index is 13.5. The molecule has 0 bridgehead atoms. The highest BCUT2D eigenvalue weighted by Crippen LogP contribution is 2.18. The van der Waals surface area contributed by atoms with Crippen LogP contribution in [0.2, 0.25) is 0 Å². The minimum Gasteiger partial charge on any atom is -0.481 e. The van der Waals surface area contributed by atoms with E-state index in [1.807, 2.05) is 0 Å². The fraction of sp³-hybridized carbons (Fsp3) is 0.333. The first kappa shape index (κ1) is 18.1. The summed E-state index contributed by atoms with van der Waals surface area (Å²) >= 11 is 0.